The van der Waals surface area contributed by atoms with Crippen LogP contribution in [-0.4, -0.2) is 56.5 Å². The molecule has 3 amide bonds. The molecule has 270 valence electrons. The predicted octanol–water partition coefficient (Wildman–Crippen LogP) is 5.20. The Morgan fingerprint density at radius 3 is 2.02 bits per heavy atom. The molecule has 50 heavy (non-hydrogen) atoms. The summed E-state index contributed by atoms with van der Waals surface area (Å²) in [6, 6.07) is 23.2. The molecular formula is C39H52N4O6S. The van der Waals surface area contributed by atoms with Gasteiger partial charge < -0.3 is 21.1 Å². The fraction of sp³-hybridized carbons (Fsp3) is 0.410. The van der Waals surface area contributed by atoms with Gasteiger partial charge in [-0.1, -0.05) is 107 Å². The standard InChI is InChI=1S/C39H52N4O6S/c1-7-15-31(38(46)42-36(28(4)5)39(47)40-25-29-16-10-8-11-17-29)24-35(44)34(22-27(2)3)41-37(45)32-20-14-21-33(23-32)43(6)50(48,49)26-30-18-12-9-13-19-30/h7-21,23,27-28,31,34-36,44H,22,24-26H2,1-6H3,(H,40,47)(H,41,45)(H,42,46)/b15-7+/t31-,34+,35+,36+/m1/s1. The Kier molecular flexibility index (Phi) is 15.2. The number of amides is 3. The summed E-state index contributed by atoms with van der Waals surface area (Å²) >= 11 is 0. The summed E-state index contributed by atoms with van der Waals surface area (Å²) in [6.07, 6.45) is 2.74. The van der Waals surface area contributed by atoms with Gasteiger partial charge in [-0.3, -0.25) is 18.7 Å². The number of nitrogens with one attached hydrogen (secondary N) is 3. The second kappa shape index (κ2) is 19.1. The van der Waals surface area contributed by atoms with Crippen molar-refractivity contribution in [2.24, 2.45) is 17.8 Å². The molecule has 0 bridgehead atoms. The molecule has 0 saturated heterocycles. The van der Waals surface area contributed by atoms with Gasteiger partial charge in [0.2, 0.25) is 21.8 Å². The minimum Gasteiger partial charge on any atom is -0.391 e. The number of anilines is 1. The molecule has 10 nitrogen and oxygen atoms in total. The second-order valence-corrected chi connectivity index (χ2v) is 15.3. The highest BCUT2D eigenvalue weighted by Crippen LogP contribution is 2.22. The Balaban J connectivity index is 1.71. The van der Waals surface area contributed by atoms with E-state index in [9.17, 15) is 27.9 Å². The number of allylic oxidation sites excluding steroid dienone is 1. The van der Waals surface area contributed by atoms with Crippen molar-refractivity contribution in [1.82, 2.24) is 16.0 Å². The van der Waals surface area contributed by atoms with Crippen LogP contribution < -0.4 is 20.3 Å². The lowest BCUT2D eigenvalue weighted by molar-refractivity contribution is -0.132. The number of nitrogens with zero attached hydrogens (tertiary/aromatic N) is 1. The smallest absolute Gasteiger partial charge is 0.251 e. The molecule has 0 saturated carbocycles. The minimum atomic E-state index is -3.73. The van der Waals surface area contributed by atoms with Crippen LogP contribution in [0.1, 0.15) is 68.9 Å². The summed E-state index contributed by atoms with van der Waals surface area (Å²) in [6.45, 7) is 9.75. The minimum absolute atomic E-state index is 0.00476. The van der Waals surface area contributed by atoms with Gasteiger partial charge in [0.1, 0.15) is 6.04 Å². The van der Waals surface area contributed by atoms with Gasteiger partial charge in [-0.2, -0.15) is 0 Å². The van der Waals surface area contributed by atoms with Crippen LogP contribution >= 0.6 is 0 Å². The molecule has 4 atom stereocenters. The van der Waals surface area contributed by atoms with Gasteiger partial charge in [-0.25, -0.2) is 8.42 Å². The Bertz CT molecular complexity index is 1680. The van der Waals surface area contributed by atoms with Crippen LogP contribution in [0.15, 0.2) is 97.1 Å². The van der Waals surface area contributed by atoms with E-state index in [0.717, 1.165) is 9.87 Å². The van der Waals surface area contributed by atoms with Crippen LogP contribution in [0.25, 0.3) is 0 Å². The third kappa shape index (κ3) is 12.1. The van der Waals surface area contributed by atoms with E-state index in [-0.39, 0.29) is 35.5 Å². The average molecular weight is 705 g/mol. The molecule has 0 aromatic heterocycles. The molecule has 0 unspecified atom stereocenters. The molecule has 3 aromatic carbocycles. The number of aliphatic hydroxyl groups is 1. The van der Waals surface area contributed by atoms with Crippen molar-refractivity contribution in [3.05, 3.63) is 114 Å². The monoisotopic (exact) mass is 704 g/mol. The highest BCUT2D eigenvalue weighted by Gasteiger charge is 2.31. The summed E-state index contributed by atoms with van der Waals surface area (Å²) in [4.78, 5) is 40.2. The highest BCUT2D eigenvalue weighted by atomic mass is 32.2. The maximum Gasteiger partial charge on any atom is 0.251 e. The molecule has 0 aliphatic heterocycles. The van der Waals surface area contributed by atoms with Crippen molar-refractivity contribution in [2.45, 2.75) is 77.9 Å². The topological polar surface area (TPSA) is 145 Å². The lowest BCUT2D eigenvalue weighted by Gasteiger charge is -2.29. The lowest BCUT2D eigenvalue weighted by atomic mass is 9.90. The van der Waals surface area contributed by atoms with Gasteiger partial charge in [-0.05, 0) is 60.9 Å². The average Bonchev–Trinajstić information content (AvgIpc) is 3.08. The van der Waals surface area contributed by atoms with Gasteiger partial charge in [0.05, 0.1) is 29.5 Å². The zero-order valence-corrected chi connectivity index (χ0v) is 30.7. The normalized spacial score (nSPS) is 14.2. The van der Waals surface area contributed by atoms with Crippen molar-refractivity contribution in [3.63, 3.8) is 0 Å². The molecule has 0 aliphatic rings. The number of sulfonamides is 1. The Morgan fingerprint density at radius 1 is 0.820 bits per heavy atom. The van der Waals surface area contributed by atoms with Gasteiger partial charge >= 0.3 is 0 Å². The van der Waals surface area contributed by atoms with Crippen LogP contribution in [0, 0.1) is 17.8 Å². The first-order chi connectivity index (χ1) is 23.7. The Hall–Kier alpha value is -4.48. The SMILES string of the molecule is C/C=C/[C@H](C[C@H](O)[C@H](CC(C)C)NC(=O)c1cccc(N(C)S(=O)(=O)Cc2ccccc2)c1)C(=O)N[C@H](C(=O)NCc1ccccc1)C(C)C. The number of carbonyl (C=O) groups is 3. The van der Waals surface area contributed by atoms with E-state index < -0.39 is 45.9 Å². The summed E-state index contributed by atoms with van der Waals surface area (Å²) in [5.41, 5.74) is 2.14. The first-order valence-electron chi connectivity index (χ1n) is 17.1. The fourth-order valence-electron chi connectivity index (χ4n) is 5.58. The van der Waals surface area contributed by atoms with Crippen LogP contribution in [0.3, 0.4) is 0 Å². The highest BCUT2D eigenvalue weighted by molar-refractivity contribution is 7.92. The van der Waals surface area contributed by atoms with Gasteiger partial charge in [0.25, 0.3) is 5.91 Å². The van der Waals surface area contributed by atoms with Crippen molar-refractivity contribution in [2.75, 3.05) is 11.4 Å². The quantitative estimate of drug-likeness (QED) is 0.134. The van der Waals surface area contributed by atoms with E-state index in [1.807, 2.05) is 64.1 Å². The fourth-order valence-corrected chi connectivity index (χ4v) is 6.82. The summed E-state index contributed by atoms with van der Waals surface area (Å²) in [5.74, 6) is -2.24. The zero-order chi connectivity index (χ0) is 36.8. The van der Waals surface area contributed by atoms with Crippen molar-refractivity contribution >= 4 is 33.4 Å². The number of benzene rings is 3. The molecule has 0 spiro atoms. The summed E-state index contributed by atoms with van der Waals surface area (Å²) < 4.78 is 27.4. The maximum atomic E-state index is 13.6. The second-order valence-electron chi connectivity index (χ2n) is 13.3. The third-order valence-electron chi connectivity index (χ3n) is 8.40. The molecule has 0 fully saturated rings. The van der Waals surface area contributed by atoms with E-state index in [0.29, 0.717) is 24.2 Å². The maximum absolute atomic E-state index is 13.6. The van der Waals surface area contributed by atoms with Crippen LogP contribution in [0.2, 0.25) is 0 Å². The number of carbonyl (C=O) groups excluding carboxylic acids is 3. The third-order valence-corrected chi connectivity index (χ3v) is 10.1. The largest absolute Gasteiger partial charge is 0.391 e. The molecule has 0 aliphatic carbocycles. The summed E-state index contributed by atoms with van der Waals surface area (Å²) in [5, 5.41) is 20.2. The van der Waals surface area contributed by atoms with E-state index in [4.69, 9.17) is 0 Å². The molecule has 3 aromatic rings. The molecule has 4 N–H and O–H groups in total. The lowest BCUT2D eigenvalue weighted by Crippen LogP contribution is -2.52. The summed E-state index contributed by atoms with van der Waals surface area (Å²) in [7, 11) is -2.28. The van der Waals surface area contributed by atoms with Crippen LogP contribution in [0.5, 0.6) is 0 Å². The Morgan fingerprint density at radius 2 is 1.44 bits per heavy atom. The molecule has 3 rings (SSSR count). The van der Waals surface area contributed by atoms with Crippen molar-refractivity contribution in [1.29, 1.82) is 0 Å². The van der Waals surface area contributed by atoms with Gasteiger partial charge in [-0.15, -0.1) is 0 Å². The van der Waals surface area contributed by atoms with Crippen LogP contribution in [0.4, 0.5) is 5.69 Å². The van der Waals surface area contributed by atoms with Crippen molar-refractivity contribution in [3.8, 4) is 0 Å². The van der Waals surface area contributed by atoms with Gasteiger partial charge in [0, 0.05) is 19.2 Å². The van der Waals surface area contributed by atoms with Crippen LogP contribution in [-0.2, 0) is 31.9 Å². The van der Waals surface area contributed by atoms with E-state index in [1.165, 1.54) is 13.1 Å². The molecular weight excluding hydrogens is 653 g/mol. The predicted molar refractivity (Wildman–Crippen MR) is 199 cm³/mol. The first-order valence-corrected chi connectivity index (χ1v) is 18.7. The number of hydrogen-bond donors (Lipinski definition) is 4. The molecule has 11 heteroatoms. The number of hydrogen-bond acceptors (Lipinski definition) is 6. The molecule has 0 radical (unpaired) electrons. The number of rotatable bonds is 18. The van der Waals surface area contributed by atoms with Gasteiger partial charge in [0.15, 0.2) is 0 Å². The Labute approximate surface area is 297 Å². The van der Waals surface area contributed by atoms with E-state index in [2.05, 4.69) is 16.0 Å². The van der Waals surface area contributed by atoms with E-state index in [1.54, 1.807) is 61.5 Å². The van der Waals surface area contributed by atoms with E-state index >= 15 is 0 Å². The number of aliphatic hydroxyl groups excluding tert-OH is 1. The first kappa shape index (κ1) is 40.0. The molecule has 0 heterocycles. The van der Waals surface area contributed by atoms with Crippen molar-refractivity contribution < 1.29 is 27.9 Å². The zero-order valence-electron chi connectivity index (χ0n) is 29.9.